The lowest BCUT2D eigenvalue weighted by Crippen LogP contribution is -2.30. The Hall–Kier alpha value is -0.830. The average molecular weight is 270 g/mol. The third-order valence-corrected chi connectivity index (χ3v) is 3.66. The van der Waals surface area contributed by atoms with Gasteiger partial charge in [-0.25, -0.2) is 9.97 Å². The van der Waals surface area contributed by atoms with Crippen LogP contribution in [0.3, 0.4) is 0 Å². The van der Waals surface area contributed by atoms with Crippen LogP contribution in [-0.2, 0) is 0 Å². The van der Waals surface area contributed by atoms with Gasteiger partial charge < -0.3 is 4.90 Å². The molecule has 1 atom stereocenters. The molecule has 1 heterocycles. The van der Waals surface area contributed by atoms with Gasteiger partial charge in [-0.15, -0.1) is 0 Å². The minimum Gasteiger partial charge on any atom is -0.357 e. The number of hydrogen-bond donors (Lipinski definition) is 0. The summed E-state index contributed by atoms with van der Waals surface area (Å²) in [6.07, 6.45) is 2.31. The molecule has 1 unspecified atom stereocenters. The zero-order chi connectivity index (χ0) is 13.9. The molecule has 0 aliphatic heterocycles. The lowest BCUT2D eigenvalue weighted by molar-refractivity contribution is 0.606. The van der Waals surface area contributed by atoms with E-state index in [1.54, 1.807) is 0 Å². The van der Waals surface area contributed by atoms with Crippen LogP contribution in [-0.4, -0.2) is 23.1 Å². The molecule has 0 saturated carbocycles. The number of hydrogen-bond acceptors (Lipinski definition) is 3. The molecule has 0 fully saturated rings. The average Bonchev–Trinajstić information content (AvgIpc) is 2.31. The molecule has 1 aromatic rings. The summed E-state index contributed by atoms with van der Waals surface area (Å²) < 4.78 is 0. The fourth-order valence-electron chi connectivity index (χ4n) is 1.92. The highest BCUT2D eigenvalue weighted by atomic mass is 35.5. The van der Waals surface area contributed by atoms with E-state index < -0.39 is 0 Å². The molecule has 0 N–H and O–H groups in total. The predicted molar refractivity (Wildman–Crippen MR) is 78.6 cm³/mol. The van der Waals surface area contributed by atoms with E-state index in [0.29, 0.717) is 11.2 Å². The van der Waals surface area contributed by atoms with Crippen LogP contribution in [0.5, 0.6) is 0 Å². The number of anilines is 1. The van der Waals surface area contributed by atoms with E-state index in [2.05, 4.69) is 49.6 Å². The van der Waals surface area contributed by atoms with Gasteiger partial charge in [-0.2, -0.15) is 0 Å². The normalized spacial score (nSPS) is 12.9. The van der Waals surface area contributed by atoms with Gasteiger partial charge in [0, 0.05) is 24.6 Å². The zero-order valence-electron chi connectivity index (χ0n) is 12.3. The number of aromatic nitrogens is 2. The first-order valence-corrected chi connectivity index (χ1v) is 7.03. The van der Waals surface area contributed by atoms with Crippen LogP contribution in [0, 0.1) is 6.92 Å². The largest absolute Gasteiger partial charge is 0.357 e. The maximum absolute atomic E-state index is 6.21. The van der Waals surface area contributed by atoms with Crippen molar-refractivity contribution in [3.05, 3.63) is 16.5 Å². The third kappa shape index (κ3) is 3.35. The van der Waals surface area contributed by atoms with Crippen LogP contribution in [0.15, 0.2) is 0 Å². The van der Waals surface area contributed by atoms with Gasteiger partial charge in [0.15, 0.2) is 0 Å². The second-order valence-corrected chi connectivity index (χ2v) is 5.58. The van der Waals surface area contributed by atoms with E-state index in [1.165, 1.54) is 6.42 Å². The van der Waals surface area contributed by atoms with E-state index in [1.807, 2.05) is 6.92 Å². The topological polar surface area (TPSA) is 29.0 Å². The first-order valence-electron chi connectivity index (χ1n) is 6.65. The summed E-state index contributed by atoms with van der Waals surface area (Å²) in [6.45, 7) is 10.6. The number of halogens is 1. The Kier molecular flexibility index (Phi) is 5.39. The minimum absolute atomic E-state index is 0.289. The van der Waals surface area contributed by atoms with Gasteiger partial charge >= 0.3 is 0 Å². The van der Waals surface area contributed by atoms with Gasteiger partial charge in [-0.3, -0.25) is 0 Å². The molecule has 0 spiro atoms. The number of nitrogens with zero attached hydrogens (tertiary/aromatic N) is 3. The second kappa shape index (κ2) is 6.37. The molecule has 0 aromatic carbocycles. The van der Waals surface area contributed by atoms with Crippen molar-refractivity contribution in [2.24, 2.45) is 0 Å². The van der Waals surface area contributed by atoms with E-state index >= 15 is 0 Å². The predicted octanol–water partition coefficient (Wildman–Crippen LogP) is 4.19. The van der Waals surface area contributed by atoms with Gasteiger partial charge in [0.05, 0.1) is 0 Å². The van der Waals surface area contributed by atoms with Crippen LogP contribution in [0.25, 0.3) is 0 Å². The molecule has 0 amide bonds. The lowest BCUT2D eigenvalue weighted by atomic mass is 10.1. The Morgan fingerprint density at radius 2 is 1.83 bits per heavy atom. The number of rotatable bonds is 5. The molecular formula is C14H24ClN3. The monoisotopic (exact) mass is 269 g/mol. The van der Waals surface area contributed by atoms with E-state index in [4.69, 9.17) is 11.6 Å². The lowest BCUT2D eigenvalue weighted by Gasteiger charge is -2.28. The smallest absolute Gasteiger partial charge is 0.137 e. The first kappa shape index (κ1) is 15.2. The van der Waals surface area contributed by atoms with Crippen LogP contribution in [0.1, 0.15) is 57.8 Å². The zero-order valence-corrected chi connectivity index (χ0v) is 13.0. The van der Waals surface area contributed by atoms with Crippen molar-refractivity contribution >= 4 is 17.4 Å². The second-order valence-electron chi connectivity index (χ2n) is 5.22. The molecule has 102 valence electrons. The van der Waals surface area contributed by atoms with Crippen molar-refractivity contribution < 1.29 is 0 Å². The molecule has 0 aliphatic rings. The van der Waals surface area contributed by atoms with Crippen molar-refractivity contribution in [2.45, 2.75) is 59.4 Å². The SMILES string of the molecule is CCCC(C)N(C)c1nc(C(C)C)nc(Cl)c1C. The van der Waals surface area contributed by atoms with Crippen LogP contribution < -0.4 is 4.90 Å². The Morgan fingerprint density at radius 1 is 1.22 bits per heavy atom. The maximum atomic E-state index is 6.21. The quantitative estimate of drug-likeness (QED) is 0.751. The Bertz CT molecular complexity index is 404. The summed E-state index contributed by atoms with van der Waals surface area (Å²) in [4.78, 5) is 11.2. The minimum atomic E-state index is 0.289. The van der Waals surface area contributed by atoms with Gasteiger partial charge in [0.1, 0.15) is 16.8 Å². The van der Waals surface area contributed by atoms with Crippen LogP contribution in [0.2, 0.25) is 5.15 Å². The Labute approximate surface area is 116 Å². The fourth-order valence-corrected chi connectivity index (χ4v) is 2.09. The first-order chi connectivity index (χ1) is 8.38. The molecule has 1 rings (SSSR count). The van der Waals surface area contributed by atoms with Crippen LogP contribution in [0.4, 0.5) is 5.82 Å². The molecule has 0 saturated heterocycles. The summed E-state index contributed by atoms with van der Waals surface area (Å²) in [5.74, 6) is 2.06. The maximum Gasteiger partial charge on any atom is 0.137 e. The van der Waals surface area contributed by atoms with E-state index in [9.17, 15) is 0 Å². The molecule has 0 radical (unpaired) electrons. The molecular weight excluding hydrogens is 246 g/mol. The summed E-state index contributed by atoms with van der Waals surface area (Å²) >= 11 is 6.21. The van der Waals surface area contributed by atoms with Crippen molar-refractivity contribution in [1.82, 2.24) is 9.97 Å². The molecule has 1 aromatic heterocycles. The Balaban J connectivity index is 3.14. The van der Waals surface area contributed by atoms with Gasteiger partial charge in [0.2, 0.25) is 0 Å². The molecule has 0 bridgehead atoms. The van der Waals surface area contributed by atoms with Crippen molar-refractivity contribution in [2.75, 3.05) is 11.9 Å². The van der Waals surface area contributed by atoms with Crippen molar-refractivity contribution in [3.8, 4) is 0 Å². The summed E-state index contributed by atoms with van der Waals surface area (Å²) in [5, 5.41) is 0.569. The Morgan fingerprint density at radius 3 is 2.33 bits per heavy atom. The molecule has 3 nitrogen and oxygen atoms in total. The summed E-state index contributed by atoms with van der Waals surface area (Å²) in [6, 6.07) is 0.458. The standard InChI is InChI=1S/C14H24ClN3/c1-7-8-10(4)18(6)14-11(5)12(15)16-13(17-14)9(2)3/h9-10H,7-8H2,1-6H3. The summed E-state index contributed by atoms with van der Waals surface area (Å²) in [7, 11) is 2.08. The molecule has 18 heavy (non-hydrogen) atoms. The van der Waals surface area contributed by atoms with Gasteiger partial charge in [0.25, 0.3) is 0 Å². The van der Waals surface area contributed by atoms with E-state index in [-0.39, 0.29) is 5.92 Å². The van der Waals surface area contributed by atoms with Crippen molar-refractivity contribution in [1.29, 1.82) is 0 Å². The molecule has 0 aliphatic carbocycles. The highest BCUT2D eigenvalue weighted by Gasteiger charge is 2.17. The third-order valence-electron chi connectivity index (χ3n) is 3.30. The highest BCUT2D eigenvalue weighted by molar-refractivity contribution is 6.30. The van der Waals surface area contributed by atoms with Crippen LogP contribution >= 0.6 is 11.6 Å². The highest BCUT2D eigenvalue weighted by Crippen LogP contribution is 2.26. The van der Waals surface area contributed by atoms with Gasteiger partial charge in [-0.05, 0) is 20.3 Å². The van der Waals surface area contributed by atoms with E-state index in [0.717, 1.165) is 23.6 Å². The molecule has 4 heteroatoms. The van der Waals surface area contributed by atoms with Gasteiger partial charge in [-0.1, -0.05) is 38.8 Å². The van der Waals surface area contributed by atoms with Crippen molar-refractivity contribution in [3.63, 3.8) is 0 Å². The fraction of sp³-hybridized carbons (Fsp3) is 0.714. The summed E-state index contributed by atoms with van der Waals surface area (Å²) in [5.41, 5.74) is 0.964.